The van der Waals surface area contributed by atoms with Crippen molar-refractivity contribution in [3.63, 3.8) is 0 Å². The molecule has 1 N–H and O–H groups in total. The van der Waals surface area contributed by atoms with Crippen LogP contribution in [0.1, 0.15) is 11.3 Å². The van der Waals surface area contributed by atoms with Crippen molar-refractivity contribution < 1.29 is 18.8 Å². The molecule has 1 saturated heterocycles. The highest BCUT2D eigenvalue weighted by Crippen LogP contribution is 2.22. The maximum absolute atomic E-state index is 13.2. The summed E-state index contributed by atoms with van der Waals surface area (Å²) in [4.78, 5) is 38.2. The second-order valence-electron chi connectivity index (χ2n) is 6.48. The minimum absolute atomic E-state index is 0.173. The van der Waals surface area contributed by atoms with Crippen LogP contribution in [-0.4, -0.2) is 22.4 Å². The molecule has 7 heteroatoms. The standard InChI is InChI=1S/C22H16FN3O3/c23-16-8-10-17(11-9-16)26-21(28)19(20(27)24-22(26)29)13-18-7-4-12-25(18)14-15-5-2-1-3-6-15/h1-13H,14H2,(H,24,27,29)/b19-13+. The summed E-state index contributed by atoms with van der Waals surface area (Å²) in [5, 5.41) is 2.16. The molecule has 1 aromatic heterocycles. The maximum Gasteiger partial charge on any atom is 0.335 e. The van der Waals surface area contributed by atoms with E-state index in [9.17, 15) is 18.8 Å². The van der Waals surface area contributed by atoms with Gasteiger partial charge in [-0.3, -0.25) is 14.9 Å². The fraction of sp³-hybridized carbons (Fsp3) is 0.0455. The van der Waals surface area contributed by atoms with Crippen LogP contribution in [-0.2, 0) is 16.1 Å². The molecule has 4 rings (SSSR count). The van der Waals surface area contributed by atoms with E-state index in [1.54, 1.807) is 6.07 Å². The topological polar surface area (TPSA) is 71.4 Å². The average Bonchev–Trinajstić information content (AvgIpc) is 3.14. The zero-order chi connectivity index (χ0) is 20.4. The molecule has 0 aliphatic carbocycles. The van der Waals surface area contributed by atoms with Crippen LogP contribution >= 0.6 is 0 Å². The number of benzene rings is 2. The lowest BCUT2D eigenvalue weighted by atomic mass is 10.1. The predicted octanol–water partition coefficient (Wildman–Crippen LogP) is 3.34. The van der Waals surface area contributed by atoms with Crippen molar-refractivity contribution in [3.05, 3.63) is 95.6 Å². The Hall–Kier alpha value is -4.00. The van der Waals surface area contributed by atoms with E-state index >= 15 is 0 Å². The van der Waals surface area contributed by atoms with E-state index in [0.29, 0.717) is 12.2 Å². The Labute approximate surface area is 165 Å². The Bertz CT molecular complexity index is 1120. The number of halogens is 1. The van der Waals surface area contributed by atoms with Gasteiger partial charge in [0.05, 0.1) is 5.69 Å². The van der Waals surface area contributed by atoms with E-state index in [4.69, 9.17) is 0 Å². The first-order valence-corrected chi connectivity index (χ1v) is 8.89. The highest BCUT2D eigenvalue weighted by molar-refractivity contribution is 6.39. The van der Waals surface area contributed by atoms with Gasteiger partial charge in [-0.2, -0.15) is 0 Å². The molecule has 0 atom stereocenters. The first-order chi connectivity index (χ1) is 14.0. The number of carbonyl (C=O) groups excluding carboxylic acids is 3. The van der Waals surface area contributed by atoms with Crippen molar-refractivity contribution >= 4 is 29.6 Å². The summed E-state index contributed by atoms with van der Waals surface area (Å²) in [6.45, 7) is 0.559. The minimum Gasteiger partial charge on any atom is -0.344 e. The highest BCUT2D eigenvalue weighted by atomic mass is 19.1. The van der Waals surface area contributed by atoms with Gasteiger partial charge in [-0.25, -0.2) is 14.1 Å². The van der Waals surface area contributed by atoms with Crippen molar-refractivity contribution in [2.45, 2.75) is 6.54 Å². The average molecular weight is 389 g/mol. The van der Waals surface area contributed by atoms with Crippen LogP contribution in [0.3, 0.4) is 0 Å². The predicted molar refractivity (Wildman–Crippen MR) is 105 cm³/mol. The van der Waals surface area contributed by atoms with Crippen molar-refractivity contribution in [3.8, 4) is 0 Å². The lowest BCUT2D eigenvalue weighted by Crippen LogP contribution is -2.54. The number of rotatable bonds is 4. The number of nitrogens with one attached hydrogen (secondary N) is 1. The van der Waals surface area contributed by atoms with Gasteiger partial charge in [-0.05, 0) is 48.0 Å². The van der Waals surface area contributed by atoms with Gasteiger partial charge in [-0.15, -0.1) is 0 Å². The zero-order valence-electron chi connectivity index (χ0n) is 15.2. The fourth-order valence-electron chi connectivity index (χ4n) is 3.11. The molecule has 2 heterocycles. The van der Waals surface area contributed by atoms with Crippen LogP contribution < -0.4 is 10.2 Å². The van der Waals surface area contributed by atoms with Gasteiger partial charge >= 0.3 is 6.03 Å². The van der Waals surface area contributed by atoms with Crippen LogP contribution in [0.4, 0.5) is 14.9 Å². The van der Waals surface area contributed by atoms with E-state index in [1.807, 2.05) is 47.2 Å². The Kier molecular flexibility index (Phi) is 4.78. The van der Waals surface area contributed by atoms with Gasteiger partial charge in [-0.1, -0.05) is 30.3 Å². The summed E-state index contributed by atoms with van der Waals surface area (Å²) in [6, 6.07) is 17.3. The largest absolute Gasteiger partial charge is 0.344 e. The number of barbiturate groups is 1. The second kappa shape index (κ2) is 7.55. The van der Waals surface area contributed by atoms with Crippen LogP contribution in [0.15, 0.2) is 78.5 Å². The number of carbonyl (C=O) groups is 3. The van der Waals surface area contributed by atoms with Crippen LogP contribution in [0, 0.1) is 5.82 Å². The molecular weight excluding hydrogens is 373 g/mol. The van der Waals surface area contributed by atoms with Crippen LogP contribution in [0.2, 0.25) is 0 Å². The first kappa shape index (κ1) is 18.4. The van der Waals surface area contributed by atoms with Gasteiger partial charge in [0.25, 0.3) is 11.8 Å². The summed E-state index contributed by atoms with van der Waals surface area (Å²) < 4.78 is 15.1. The molecule has 1 aliphatic rings. The second-order valence-corrected chi connectivity index (χ2v) is 6.48. The number of imide groups is 2. The quantitative estimate of drug-likeness (QED) is 0.550. The number of urea groups is 1. The Morgan fingerprint density at radius 3 is 2.34 bits per heavy atom. The van der Waals surface area contributed by atoms with Crippen LogP contribution in [0.5, 0.6) is 0 Å². The molecule has 3 aromatic rings. The molecule has 1 aliphatic heterocycles. The molecular formula is C22H16FN3O3. The van der Waals surface area contributed by atoms with E-state index in [1.165, 1.54) is 18.2 Å². The van der Waals surface area contributed by atoms with Gasteiger partial charge in [0.15, 0.2) is 0 Å². The Balaban J connectivity index is 1.67. The molecule has 0 spiro atoms. The van der Waals surface area contributed by atoms with E-state index in [-0.39, 0.29) is 11.3 Å². The molecule has 0 saturated carbocycles. The van der Waals surface area contributed by atoms with Gasteiger partial charge in [0.1, 0.15) is 11.4 Å². The van der Waals surface area contributed by atoms with Gasteiger partial charge < -0.3 is 4.57 Å². The summed E-state index contributed by atoms with van der Waals surface area (Å²) in [7, 11) is 0. The molecule has 0 bridgehead atoms. The van der Waals surface area contributed by atoms with E-state index in [0.717, 1.165) is 22.6 Å². The van der Waals surface area contributed by atoms with Gasteiger partial charge in [0.2, 0.25) is 0 Å². The molecule has 1 fully saturated rings. The van der Waals surface area contributed by atoms with Gasteiger partial charge in [0, 0.05) is 18.4 Å². The number of anilines is 1. The smallest absolute Gasteiger partial charge is 0.335 e. The molecule has 2 aromatic carbocycles. The third kappa shape index (κ3) is 3.70. The number of nitrogens with zero attached hydrogens (tertiary/aromatic N) is 2. The molecule has 29 heavy (non-hydrogen) atoms. The minimum atomic E-state index is -0.872. The third-order valence-electron chi connectivity index (χ3n) is 4.54. The highest BCUT2D eigenvalue weighted by Gasteiger charge is 2.36. The fourth-order valence-corrected chi connectivity index (χ4v) is 3.11. The molecule has 0 radical (unpaired) electrons. The van der Waals surface area contributed by atoms with E-state index < -0.39 is 23.7 Å². The number of hydrogen-bond acceptors (Lipinski definition) is 3. The van der Waals surface area contributed by atoms with Crippen molar-refractivity contribution in [1.29, 1.82) is 0 Å². The van der Waals surface area contributed by atoms with Crippen LogP contribution in [0.25, 0.3) is 6.08 Å². The number of aromatic nitrogens is 1. The Morgan fingerprint density at radius 1 is 0.897 bits per heavy atom. The summed E-state index contributed by atoms with van der Waals surface area (Å²) in [5.74, 6) is -2.03. The molecule has 4 amide bonds. The monoisotopic (exact) mass is 389 g/mol. The third-order valence-corrected chi connectivity index (χ3v) is 4.54. The summed E-state index contributed by atoms with van der Waals surface area (Å²) in [5.41, 5.74) is 1.69. The summed E-state index contributed by atoms with van der Waals surface area (Å²) in [6.07, 6.45) is 3.29. The zero-order valence-corrected chi connectivity index (χ0v) is 15.2. The molecule has 0 unspecified atom stereocenters. The summed E-state index contributed by atoms with van der Waals surface area (Å²) >= 11 is 0. The van der Waals surface area contributed by atoms with E-state index in [2.05, 4.69) is 5.32 Å². The lowest BCUT2D eigenvalue weighted by molar-refractivity contribution is -0.122. The number of amides is 4. The molecule has 6 nitrogen and oxygen atoms in total. The molecule has 144 valence electrons. The normalized spacial score (nSPS) is 15.7. The Morgan fingerprint density at radius 2 is 1.62 bits per heavy atom. The number of hydrogen-bond donors (Lipinski definition) is 1. The lowest BCUT2D eigenvalue weighted by Gasteiger charge is -2.26. The first-order valence-electron chi connectivity index (χ1n) is 8.89. The van der Waals surface area contributed by atoms with Crippen molar-refractivity contribution in [1.82, 2.24) is 9.88 Å². The SMILES string of the molecule is O=C1NC(=O)N(c2ccc(F)cc2)C(=O)/C1=C/c1cccn1Cc1ccccc1. The van der Waals surface area contributed by atoms with Crippen molar-refractivity contribution in [2.75, 3.05) is 4.90 Å². The maximum atomic E-state index is 13.2. The van der Waals surface area contributed by atoms with Crippen molar-refractivity contribution in [2.24, 2.45) is 0 Å².